The lowest BCUT2D eigenvalue weighted by molar-refractivity contribution is 0.184. The molecule has 3 rings (SSSR count). The van der Waals surface area contributed by atoms with Gasteiger partial charge in [0.05, 0.1) is 5.54 Å². The Bertz CT molecular complexity index is 791. The summed E-state index contributed by atoms with van der Waals surface area (Å²) in [6, 6.07) is 16.9. The van der Waals surface area contributed by atoms with E-state index in [-0.39, 0.29) is 12.1 Å². The smallest absolute Gasteiger partial charge is 0.134 e. The minimum absolute atomic E-state index is 0.0669. The second-order valence-electron chi connectivity index (χ2n) is 9.33. The Morgan fingerprint density at radius 2 is 1.61 bits per heavy atom. The third kappa shape index (κ3) is 6.92. The van der Waals surface area contributed by atoms with Crippen molar-refractivity contribution in [2.75, 3.05) is 6.61 Å². The first-order valence-electron chi connectivity index (χ1n) is 12.0. The molecule has 0 aliphatic heterocycles. The van der Waals surface area contributed by atoms with E-state index in [1.807, 2.05) is 12.1 Å². The number of nitrogens with zero attached hydrogens (tertiary/aromatic N) is 1. The van der Waals surface area contributed by atoms with Gasteiger partial charge in [-0.15, -0.1) is 0 Å². The summed E-state index contributed by atoms with van der Waals surface area (Å²) in [5.41, 5.74) is 3.84. The average Bonchev–Trinajstić information content (AvgIpc) is 2.81. The number of aliphatic imine (C=N–C) groups is 1. The van der Waals surface area contributed by atoms with Crippen LogP contribution in [0.4, 0.5) is 4.39 Å². The summed E-state index contributed by atoms with van der Waals surface area (Å²) < 4.78 is 19.6. The maximum Gasteiger partial charge on any atom is 0.134 e. The number of unbranched alkanes of at least 4 members (excludes halogenated alkanes) is 3. The molecule has 2 aromatic rings. The van der Waals surface area contributed by atoms with Gasteiger partial charge in [0, 0.05) is 0 Å². The van der Waals surface area contributed by atoms with Gasteiger partial charge < -0.3 is 4.74 Å². The molecule has 1 aliphatic rings. The first kappa shape index (κ1) is 23.5. The maximum atomic E-state index is 14.0. The highest BCUT2D eigenvalue weighted by Gasteiger charge is 2.30. The van der Waals surface area contributed by atoms with Crippen LogP contribution in [0.3, 0.4) is 0 Å². The van der Waals surface area contributed by atoms with E-state index in [4.69, 9.17) is 4.74 Å². The number of ether oxygens (including phenoxy) is 1. The fourth-order valence-electron chi connectivity index (χ4n) is 4.49. The van der Waals surface area contributed by atoms with E-state index in [2.05, 4.69) is 62.0 Å². The van der Waals surface area contributed by atoms with Crippen LogP contribution in [-0.4, -0.2) is 25.0 Å². The fourth-order valence-corrected chi connectivity index (χ4v) is 4.49. The van der Waals surface area contributed by atoms with Gasteiger partial charge in [0.2, 0.25) is 0 Å². The quantitative estimate of drug-likeness (QED) is 0.264. The molecule has 0 bridgehead atoms. The largest absolute Gasteiger partial charge is 0.491 e. The molecule has 0 N–H and O–H groups in total. The van der Waals surface area contributed by atoms with Crippen LogP contribution in [0, 0.1) is 0 Å². The number of hydrogen-bond donors (Lipinski definition) is 0. The van der Waals surface area contributed by atoms with Crippen LogP contribution in [0.5, 0.6) is 5.75 Å². The average molecular weight is 424 g/mol. The number of benzene rings is 2. The predicted molar refractivity (Wildman–Crippen MR) is 130 cm³/mol. The summed E-state index contributed by atoms with van der Waals surface area (Å²) in [7, 11) is 0. The SMILES string of the molecule is C=NC1(C)CCC(c2ccc(-c3ccc(OCC(F)CCCCCC)cc3)cc2)CC1. The number of halogens is 1. The molecule has 0 spiro atoms. The van der Waals surface area contributed by atoms with Crippen LogP contribution >= 0.6 is 0 Å². The summed E-state index contributed by atoms with van der Waals surface area (Å²) >= 11 is 0. The van der Waals surface area contributed by atoms with E-state index in [9.17, 15) is 4.39 Å². The Balaban J connectivity index is 1.49. The lowest BCUT2D eigenvalue weighted by Crippen LogP contribution is -2.27. The molecule has 1 aliphatic carbocycles. The number of hydrogen-bond acceptors (Lipinski definition) is 2. The minimum atomic E-state index is -0.885. The van der Waals surface area contributed by atoms with E-state index < -0.39 is 6.17 Å². The van der Waals surface area contributed by atoms with Crippen molar-refractivity contribution in [3.63, 3.8) is 0 Å². The zero-order valence-electron chi connectivity index (χ0n) is 19.3. The minimum Gasteiger partial charge on any atom is -0.491 e. The lowest BCUT2D eigenvalue weighted by atomic mass is 9.75. The predicted octanol–water partition coefficient (Wildman–Crippen LogP) is 8.16. The molecule has 0 aromatic heterocycles. The molecule has 0 heterocycles. The molecule has 0 radical (unpaired) electrons. The molecular formula is C28H38FNO. The first-order valence-corrected chi connectivity index (χ1v) is 12.0. The van der Waals surface area contributed by atoms with Crippen molar-refractivity contribution in [3.8, 4) is 16.9 Å². The highest BCUT2D eigenvalue weighted by molar-refractivity contribution is 5.64. The zero-order chi connectivity index (χ0) is 22.1. The summed E-state index contributed by atoms with van der Waals surface area (Å²) in [5.74, 6) is 1.35. The Labute approximate surface area is 187 Å². The van der Waals surface area contributed by atoms with E-state index in [0.717, 1.165) is 37.0 Å². The molecular weight excluding hydrogens is 385 g/mol. The normalized spacial score (nSPS) is 22.1. The third-order valence-electron chi connectivity index (χ3n) is 6.82. The second kappa shape index (κ2) is 11.5. The summed E-state index contributed by atoms with van der Waals surface area (Å²) in [6.45, 7) is 8.29. The van der Waals surface area contributed by atoms with Crippen molar-refractivity contribution >= 4 is 6.72 Å². The molecule has 1 fully saturated rings. The van der Waals surface area contributed by atoms with E-state index in [1.54, 1.807) is 0 Å². The van der Waals surface area contributed by atoms with Crippen molar-refractivity contribution in [1.82, 2.24) is 0 Å². The number of alkyl halides is 1. The zero-order valence-corrected chi connectivity index (χ0v) is 19.3. The van der Waals surface area contributed by atoms with Gasteiger partial charge in [-0.3, -0.25) is 4.99 Å². The van der Waals surface area contributed by atoms with Crippen LogP contribution in [0.2, 0.25) is 0 Å². The van der Waals surface area contributed by atoms with Crippen LogP contribution in [0.15, 0.2) is 53.5 Å². The molecule has 2 aromatic carbocycles. The Kier molecular flexibility index (Phi) is 8.69. The van der Waals surface area contributed by atoms with Crippen LogP contribution in [0.25, 0.3) is 11.1 Å². The molecule has 0 saturated heterocycles. The van der Waals surface area contributed by atoms with Crippen molar-refractivity contribution in [1.29, 1.82) is 0 Å². The molecule has 1 saturated carbocycles. The van der Waals surface area contributed by atoms with Gasteiger partial charge in [0.15, 0.2) is 0 Å². The summed E-state index contributed by atoms with van der Waals surface area (Å²) in [6.07, 6.45) is 8.70. The van der Waals surface area contributed by atoms with Crippen molar-refractivity contribution in [2.45, 2.75) is 89.3 Å². The van der Waals surface area contributed by atoms with E-state index in [0.29, 0.717) is 12.3 Å². The first-order chi connectivity index (χ1) is 15.0. The monoisotopic (exact) mass is 423 g/mol. The highest BCUT2D eigenvalue weighted by Crippen LogP contribution is 2.40. The van der Waals surface area contributed by atoms with Crippen LogP contribution < -0.4 is 4.74 Å². The fraction of sp³-hybridized carbons (Fsp3) is 0.536. The Morgan fingerprint density at radius 3 is 2.19 bits per heavy atom. The Morgan fingerprint density at radius 1 is 1.00 bits per heavy atom. The standard InChI is InChI=1S/C28H38FNO/c1-4-5-6-7-8-26(29)21-31-27-15-13-24(14-16-27)22-9-11-23(12-10-22)25-17-19-28(2,30-3)20-18-25/h9-16,25-26H,3-8,17-21H2,1-2H3. The molecule has 0 amide bonds. The topological polar surface area (TPSA) is 21.6 Å². The second-order valence-corrected chi connectivity index (χ2v) is 9.33. The van der Waals surface area contributed by atoms with Gasteiger partial charge in [-0.25, -0.2) is 4.39 Å². The number of rotatable bonds is 11. The highest BCUT2D eigenvalue weighted by atomic mass is 19.1. The molecule has 2 nitrogen and oxygen atoms in total. The summed E-state index contributed by atoms with van der Waals surface area (Å²) in [4.78, 5) is 4.33. The Hall–Kier alpha value is -2.16. The van der Waals surface area contributed by atoms with Crippen molar-refractivity contribution in [3.05, 3.63) is 54.1 Å². The lowest BCUT2D eigenvalue weighted by Gasteiger charge is -2.34. The van der Waals surface area contributed by atoms with Gasteiger partial charge in [0.1, 0.15) is 18.5 Å². The molecule has 168 valence electrons. The molecule has 1 atom stereocenters. The van der Waals surface area contributed by atoms with Gasteiger partial charge in [0.25, 0.3) is 0 Å². The third-order valence-corrected chi connectivity index (χ3v) is 6.82. The van der Waals surface area contributed by atoms with Crippen LogP contribution in [0.1, 0.15) is 83.1 Å². The summed E-state index contributed by atoms with van der Waals surface area (Å²) in [5, 5.41) is 0. The van der Waals surface area contributed by atoms with Crippen LogP contribution in [-0.2, 0) is 0 Å². The maximum absolute atomic E-state index is 14.0. The van der Waals surface area contributed by atoms with E-state index in [1.165, 1.54) is 36.8 Å². The van der Waals surface area contributed by atoms with Gasteiger partial charge in [-0.05, 0) is 80.5 Å². The van der Waals surface area contributed by atoms with Crippen molar-refractivity contribution in [2.24, 2.45) is 4.99 Å². The molecule has 1 unspecified atom stereocenters. The van der Waals surface area contributed by atoms with Gasteiger partial charge >= 0.3 is 0 Å². The van der Waals surface area contributed by atoms with Gasteiger partial charge in [-0.2, -0.15) is 0 Å². The van der Waals surface area contributed by atoms with Crippen molar-refractivity contribution < 1.29 is 9.13 Å². The van der Waals surface area contributed by atoms with E-state index >= 15 is 0 Å². The molecule has 31 heavy (non-hydrogen) atoms. The van der Waals surface area contributed by atoms with Gasteiger partial charge in [-0.1, -0.05) is 69.0 Å². The molecule has 3 heteroatoms.